The normalized spacial score (nSPS) is 13.1. The van der Waals surface area contributed by atoms with Crippen molar-refractivity contribution in [2.24, 2.45) is 5.73 Å². The lowest BCUT2D eigenvalue weighted by atomic mass is 10.0. The summed E-state index contributed by atoms with van der Waals surface area (Å²) < 4.78 is 0. The standard InChI is InChI=1S/C26H30N6O5/c27-14-23(33)30-20(11-17-7-3-1-4-8-17)24(34)31-21(13-19-15-28-16-29-19)25(35)32-22(26(36)37)12-18-9-5-2-6-10-18/h1-10,15-16,20-22H,11-14,27H2,(H,28,29)(H,30,33)(H,31,34)(H,32,35)(H,36,37). The van der Waals surface area contributed by atoms with Crippen LogP contribution in [-0.4, -0.2) is 63.4 Å². The van der Waals surface area contributed by atoms with E-state index in [2.05, 4.69) is 25.9 Å². The molecule has 37 heavy (non-hydrogen) atoms. The Morgan fingerprint density at radius 1 is 0.784 bits per heavy atom. The lowest BCUT2D eigenvalue weighted by Crippen LogP contribution is -2.57. The average molecular weight is 507 g/mol. The number of carboxylic acid groups (broad SMARTS) is 1. The fourth-order valence-corrected chi connectivity index (χ4v) is 3.73. The molecule has 2 aromatic carbocycles. The van der Waals surface area contributed by atoms with Crippen molar-refractivity contribution in [1.82, 2.24) is 25.9 Å². The molecule has 7 N–H and O–H groups in total. The zero-order valence-electron chi connectivity index (χ0n) is 20.1. The van der Waals surface area contributed by atoms with Crippen LogP contribution in [0.4, 0.5) is 0 Å². The van der Waals surface area contributed by atoms with Crippen LogP contribution >= 0.6 is 0 Å². The average Bonchev–Trinajstić information content (AvgIpc) is 3.41. The van der Waals surface area contributed by atoms with Crippen molar-refractivity contribution in [3.05, 3.63) is 90.0 Å². The Hall–Kier alpha value is -4.51. The Morgan fingerprint density at radius 2 is 1.30 bits per heavy atom. The van der Waals surface area contributed by atoms with Gasteiger partial charge < -0.3 is 31.8 Å². The van der Waals surface area contributed by atoms with Crippen molar-refractivity contribution in [3.63, 3.8) is 0 Å². The maximum Gasteiger partial charge on any atom is 0.326 e. The van der Waals surface area contributed by atoms with Gasteiger partial charge in [-0.3, -0.25) is 14.4 Å². The second kappa shape index (κ2) is 13.5. The first-order valence-corrected chi connectivity index (χ1v) is 11.7. The fraction of sp³-hybridized carbons (Fsp3) is 0.269. The maximum absolute atomic E-state index is 13.3. The summed E-state index contributed by atoms with van der Waals surface area (Å²) in [5.74, 6) is -3.03. The van der Waals surface area contributed by atoms with Gasteiger partial charge in [0, 0.05) is 31.2 Å². The molecule has 3 rings (SSSR count). The number of nitrogens with zero attached hydrogens (tertiary/aromatic N) is 1. The number of aliphatic carboxylic acids is 1. The van der Waals surface area contributed by atoms with Crippen LogP contribution in [0.1, 0.15) is 16.8 Å². The number of hydrogen-bond donors (Lipinski definition) is 6. The minimum Gasteiger partial charge on any atom is -0.480 e. The molecule has 0 aliphatic rings. The Kier molecular flexibility index (Phi) is 9.91. The molecular weight excluding hydrogens is 476 g/mol. The predicted molar refractivity (Wildman–Crippen MR) is 135 cm³/mol. The molecule has 0 spiro atoms. The molecule has 3 aromatic rings. The number of H-pyrrole nitrogens is 1. The highest BCUT2D eigenvalue weighted by Gasteiger charge is 2.30. The fourth-order valence-electron chi connectivity index (χ4n) is 3.73. The SMILES string of the molecule is NCC(=O)NC(Cc1ccccc1)C(=O)NC(Cc1cnc[nH]1)C(=O)NC(Cc1ccccc1)C(=O)O. The van der Waals surface area contributed by atoms with Gasteiger partial charge in [-0.25, -0.2) is 9.78 Å². The van der Waals surface area contributed by atoms with Crippen LogP contribution in [0.15, 0.2) is 73.2 Å². The monoisotopic (exact) mass is 506 g/mol. The van der Waals surface area contributed by atoms with Crippen LogP contribution in [0.5, 0.6) is 0 Å². The summed E-state index contributed by atoms with van der Waals surface area (Å²) in [6.45, 7) is -0.309. The molecular formula is C26H30N6O5. The summed E-state index contributed by atoms with van der Waals surface area (Å²) >= 11 is 0. The molecule has 3 unspecified atom stereocenters. The largest absolute Gasteiger partial charge is 0.480 e. The molecule has 0 aliphatic carbocycles. The Morgan fingerprint density at radius 3 is 1.78 bits per heavy atom. The molecule has 0 fully saturated rings. The Balaban J connectivity index is 1.78. The van der Waals surface area contributed by atoms with E-state index >= 15 is 0 Å². The number of carbonyl (C=O) groups excluding carboxylic acids is 3. The molecule has 0 aliphatic heterocycles. The third kappa shape index (κ3) is 8.58. The number of amides is 3. The Bertz CT molecular complexity index is 1170. The van der Waals surface area contributed by atoms with E-state index in [4.69, 9.17) is 5.73 Å². The first kappa shape index (κ1) is 27.1. The summed E-state index contributed by atoms with van der Waals surface area (Å²) in [6.07, 6.45) is 3.19. The molecule has 3 amide bonds. The second-order valence-corrected chi connectivity index (χ2v) is 8.45. The van der Waals surface area contributed by atoms with Crippen molar-refractivity contribution >= 4 is 23.7 Å². The molecule has 0 saturated heterocycles. The summed E-state index contributed by atoms with van der Waals surface area (Å²) in [5.41, 5.74) is 7.51. The number of aromatic amines is 1. The number of imidazole rings is 1. The van der Waals surface area contributed by atoms with Gasteiger partial charge >= 0.3 is 5.97 Å². The highest BCUT2D eigenvalue weighted by Crippen LogP contribution is 2.08. The van der Waals surface area contributed by atoms with Crippen molar-refractivity contribution < 1.29 is 24.3 Å². The van der Waals surface area contributed by atoms with Crippen molar-refractivity contribution in [3.8, 4) is 0 Å². The lowest BCUT2D eigenvalue weighted by Gasteiger charge is -2.24. The number of carboxylic acids is 1. The summed E-state index contributed by atoms with van der Waals surface area (Å²) in [7, 11) is 0. The minimum atomic E-state index is -1.21. The molecule has 3 atom stereocenters. The van der Waals surface area contributed by atoms with Gasteiger partial charge in [-0.1, -0.05) is 60.7 Å². The van der Waals surface area contributed by atoms with E-state index in [1.807, 2.05) is 36.4 Å². The molecule has 1 heterocycles. The molecule has 0 bridgehead atoms. The summed E-state index contributed by atoms with van der Waals surface area (Å²) in [5, 5.41) is 17.5. The number of carbonyl (C=O) groups is 4. The van der Waals surface area contributed by atoms with Crippen LogP contribution in [0.25, 0.3) is 0 Å². The summed E-state index contributed by atoms with van der Waals surface area (Å²) in [4.78, 5) is 57.2. The minimum absolute atomic E-state index is 0.0259. The van der Waals surface area contributed by atoms with E-state index in [1.54, 1.807) is 24.3 Å². The number of rotatable bonds is 13. The van der Waals surface area contributed by atoms with Gasteiger partial charge in [0.1, 0.15) is 18.1 Å². The molecule has 11 heteroatoms. The topological polar surface area (TPSA) is 179 Å². The van der Waals surface area contributed by atoms with Gasteiger partial charge in [-0.15, -0.1) is 0 Å². The zero-order valence-corrected chi connectivity index (χ0v) is 20.1. The smallest absolute Gasteiger partial charge is 0.326 e. The van der Waals surface area contributed by atoms with Crippen LogP contribution in [-0.2, 0) is 38.4 Å². The van der Waals surface area contributed by atoms with Crippen LogP contribution < -0.4 is 21.7 Å². The van der Waals surface area contributed by atoms with Crippen LogP contribution in [0.3, 0.4) is 0 Å². The van der Waals surface area contributed by atoms with Gasteiger partial charge in [0.05, 0.1) is 12.9 Å². The first-order chi connectivity index (χ1) is 17.9. The highest BCUT2D eigenvalue weighted by molar-refractivity contribution is 5.94. The summed E-state index contributed by atoms with van der Waals surface area (Å²) in [6, 6.07) is 14.6. The van der Waals surface area contributed by atoms with Crippen molar-refractivity contribution in [1.29, 1.82) is 0 Å². The zero-order chi connectivity index (χ0) is 26.6. The lowest BCUT2D eigenvalue weighted by molar-refractivity contribution is -0.142. The van der Waals surface area contributed by atoms with Gasteiger partial charge in [-0.05, 0) is 11.1 Å². The maximum atomic E-state index is 13.3. The number of aromatic nitrogens is 2. The van der Waals surface area contributed by atoms with Gasteiger partial charge in [0.2, 0.25) is 17.7 Å². The van der Waals surface area contributed by atoms with Gasteiger partial charge in [0.15, 0.2) is 0 Å². The number of hydrogen-bond acceptors (Lipinski definition) is 6. The molecule has 11 nitrogen and oxygen atoms in total. The first-order valence-electron chi connectivity index (χ1n) is 11.7. The van der Waals surface area contributed by atoms with Crippen molar-refractivity contribution in [2.75, 3.05) is 6.54 Å². The van der Waals surface area contributed by atoms with E-state index in [0.29, 0.717) is 5.69 Å². The Labute approximate surface area is 213 Å². The quantitative estimate of drug-likeness (QED) is 0.188. The molecule has 194 valence electrons. The third-order valence-electron chi connectivity index (χ3n) is 5.63. The highest BCUT2D eigenvalue weighted by atomic mass is 16.4. The molecule has 0 saturated carbocycles. The van der Waals surface area contributed by atoms with Crippen LogP contribution in [0.2, 0.25) is 0 Å². The molecule has 0 radical (unpaired) electrons. The van der Waals surface area contributed by atoms with E-state index < -0.39 is 41.8 Å². The number of nitrogens with two attached hydrogens (primary N) is 1. The van der Waals surface area contributed by atoms with E-state index in [-0.39, 0.29) is 25.8 Å². The number of nitrogens with one attached hydrogen (secondary N) is 4. The molecule has 1 aromatic heterocycles. The predicted octanol–water partition coefficient (Wildman–Crippen LogP) is -0.0647. The van der Waals surface area contributed by atoms with E-state index in [1.165, 1.54) is 12.5 Å². The number of benzene rings is 2. The second-order valence-electron chi connectivity index (χ2n) is 8.45. The van der Waals surface area contributed by atoms with Crippen molar-refractivity contribution in [2.45, 2.75) is 37.4 Å². The van der Waals surface area contributed by atoms with E-state index in [0.717, 1.165) is 11.1 Å². The van der Waals surface area contributed by atoms with Gasteiger partial charge in [0.25, 0.3) is 0 Å². The van der Waals surface area contributed by atoms with Crippen LogP contribution in [0, 0.1) is 0 Å². The van der Waals surface area contributed by atoms with Gasteiger partial charge in [-0.2, -0.15) is 0 Å². The third-order valence-corrected chi connectivity index (χ3v) is 5.63. The van der Waals surface area contributed by atoms with E-state index in [9.17, 15) is 24.3 Å².